The van der Waals surface area contributed by atoms with Gasteiger partial charge in [0.05, 0.1) is 3.57 Å². The molecule has 1 aromatic rings. The van der Waals surface area contributed by atoms with E-state index < -0.39 is 0 Å². The third-order valence-corrected chi connectivity index (χ3v) is 3.11. The second kappa shape index (κ2) is 6.12. The molecule has 0 N–H and O–H groups in total. The van der Waals surface area contributed by atoms with E-state index >= 15 is 0 Å². The number of halogens is 2. The first-order valence-corrected chi connectivity index (χ1v) is 6.47. The van der Waals surface area contributed by atoms with E-state index in [1.165, 1.54) is 3.57 Å². The van der Waals surface area contributed by atoms with Crippen LogP contribution < -0.4 is 4.74 Å². The fourth-order valence-corrected chi connectivity index (χ4v) is 3.35. The van der Waals surface area contributed by atoms with Crippen molar-refractivity contribution in [2.75, 3.05) is 13.4 Å². The van der Waals surface area contributed by atoms with Gasteiger partial charge >= 0.3 is 0 Å². The highest BCUT2D eigenvalue weighted by molar-refractivity contribution is 14.1. The topological polar surface area (TPSA) is 18.5 Å². The van der Waals surface area contributed by atoms with Gasteiger partial charge in [0.1, 0.15) is 5.75 Å². The molecule has 2 nitrogen and oxygen atoms in total. The lowest BCUT2D eigenvalue weighted by Crippen LogP contribution is -2.04. The molecule has 0 unspecified atom stereocenters. The zero-order valence-corrected chi connectivity index (χ0v) is 12.5. The number of aryl methyl sites for hydroxylation is 1. The highest BCUT2D eigenvalue weighted by atomic mass is 127. The van der Waals surface area contributed by atoms with Crippen molar-refractivity contribution in [2.24, 2.45) is 0 Å². The first-order chi connectivity index (χ1) is 6.65. The van der Waals surface area contributed by atoms with Crippen LogP contribution in [0.1, 0.15) is 12.5 Å². The van der Waals surface area contributed by atoms with Crippen LogP contribution in [0.5, 0.6) is 5.75 Å². The maximum Gasteiger partial charge on any atom is 0.189 e. The second-order valence-electron chi connectivity index (χ2n) is 2.79. The molecule has 0 spiro atoms. The van der Waals surface area contributed by atoms with E-state index in [9.17, 15) is 0 Å². The number of benzene rings is 1. The van der Waals surface area contributed by atoms with Crippen molar-refractivity contribution in [3.8, 4) is 5.75 Å². The molecule has 0 aliphatic carbocycles. The van der Waals surface area contributed by atoms with Gasteiger partial charge in [0, 0.05) is 10.2 Å². The normalized spacial score (nSPS) is 10.3. The van der Waals surface area contributed by atoms with Crippen LogP contribution in [0.25, 0.3) is 0 Å². The van der Waals surface area contributed by atoms with Crippen molar-refractivity contribution in [2.45, 2.75) is 13.8 Å². The summed E-state index contributed by atoms with van der Waals surface area (Å²) in [5.74, 6) is 0.930. The fraction of sp³-hybridized carbons (Fsp3) is 0.400. The predicted molar refractivity (Wildman–Crippen MR) is 73.7 cm³/mol. The standard InChI is InChI=1S/C10H12I2O2/c1-3-13-6-14-10-7(2)4-8(11)5-9(10)12/h4-5H,3,6H2,1-2H3. The Balaban J connectivity index is 2.75. The number of hydrogen-bond acceptors (Lipinski definition) is 2. The monoisotopic (exact) mass is 418 g/mol. The van der Waals surface area contributed by atoms with Crippen LogP contribution in [0.15, 0.2) is 12.1 Å². The van der Waals surface area contributed by atoms with Gasteiger partial charge in [0.15, 0.2) is 6.79 Å². The van der Waals surface area contributed by atoms with Crippen molar-refractivity contribution in [3.63, 3.8) is 0 Å². The van der Waals surface area contributed by atoms with Crippen LogP contribution in [0, 0.1) is 14.1 Å². The van der Waals surface area contributed by atoms with E-state index in [0.717, 1.165) is 14.9 Å². The SMILES string of the molecule is CCOCOc1c(C)cc(I)cc1I. The van der Waals surface area contributed by atoms with Crippen LogP contribution in [-0.4, -0.2) is 13.4 Å². The minimum atomic E-state index is 0.327. The Morgan fingerprint density at radius 1 is 1.29 bits per heavy atom. The first kappa shape index (κ1) is 12.5. The molecule has 0 fully saturated rings. The lowest BCUT2D eigenvalue weighted by Gasteiger charge is -2.11. The zero-order valence-electron chi connectivity index (χ0n) is 8.14. The van der Waals surface area contributed by atoms with Crippen LogP contribution >= 0.6 is 45.2 Å². The smallest absolute Gasteiger partial charge is 0.189 e. The Morgan fingerprint density at radius 2 is 2.00 bits per heavy atom. The number of hydrogen-bond donors (Lipinski definition) is 0. The van der Waals surface area contributed by atoms with Crippen LogP contribution in [-0.2, 0) is 4.74 Å². The molecular formula is C10H12I2O2. The second-order valence-corrected chi connectivity index (χ2v) is 5.20. The molecule has 0 radical (unpaired) electrons. The largest absolute Gasteiger partial charge is 0.466 e. The van der Waals surface area contributed by atoms with Crippen molar-refractivity contribution >= 4 is 45.2 Å². The average molecular weight is 418 g/mol. The maximum atomic E-state index is 5.53. The molecule has 0 bridgehead atoms. The molecule has 4 heteroatoms. The summed E-state index contributed by atoms with van der Waals surface area (Å²) < 4.78 is 13.0. The highest BCUT2D eigenvalue weighted by Gasteiger charge is 2.06. The molecule has 0 aromatic heterocycles. The van der Waals surface area contributed by atoms with Gasteiger partial charge in [-0.25, -0.2) is 0 Å². The lowest BCUT2D eigenvalue weighted by atomic mass is 10.2. The van der Waals surface area contributed by atoms with Gasteiger partial charge in [-0.15, -0.1) is 0 Å². The summed E-state index contributed by atoms with van der Waals surface area (Å²) >= 11 is 4.58. The molecule has 0 aliphatic heterocycles. The number of ether oxygens (including phenoxy) is 2. The van der Waals surface area contributed by atoms with Gasteiger partial charge in [-0.05, 0) is 76.7 Å². The molecule has 1 rings (SSSR count). The van der Waals surface area contributed by atoms with E-state index in [0.29, 0.717) is 13.4 Å². The molecule has 0 amide bonds. The van der Waals surface area contributed by atoms with Gasteiger partial charge in [-0.1, -0.05) is 0 Å². The van der Waals surface area contributed by atoms with Crippen molar-refractivity contribution in [1.29, 1.82) is 0 Å². The predicted octanol–water partition coefficient (Wildman–Crippen LogP) is 3.58. The molecule has 14 heavy (non-hydrogen) atoms. The van der Waals surface area contributed by atoms with Gasteiger partial charge in [0.2, 0.25) is 0 Å². The quantitative estimate of drug-likeness (QED) is 0.423. The summed E-state index contributed by atoms with van der Waals surface area (Å²) in [4.78, 5) is 0. The molecule has 0 saturated carbocycles. The van der Waals surface area contributed by atoms with Crippen LogP contribution in [0.4, 0.5) is 0 Å². The molecular weight excluding hydrogens is 406 g/mol. The molecule has 0 atom stereocenters. The highest BCUT2D eigenvalue weighted by Crippen LogP contribution is 2.27. The van der Waals surface area contributed by atoms with Gasteiger partial charge in [-0.3, -0.25) is 0 Å². The van der Waals surface area contributed by atoms with Crippen LogP contribution in [0.2, 0.25) is 0 Å². The fourth-order valence-electron chi connectivity index (χ4n) is 1.06. The molecule has 0 heterocycles. The Bertz CT molecular complexity index is 290. The average Bonchev–Trinajstić information content (AvgIpc) is 2.09. The van der Waals surface area contributed by atoms with E-state index in [-0.39, 0.29) is 0 Å². The van der Waals surface area contributed by atoms with Gasteiger partial charge in [-0.2, -0.15) is 0 Å². The van der Waals surface area contributed by atoms with E-state index in [2.05, 4.69) is 57.3 Å². The summed E-state index contributed by atoms with van der Waals surface area (Å²) in [6, 6.07) is 4.19. The lowest BCUT2D eigenvalue weighted by molar-refractivity contribution is 0.0215. The number of rotatable bonds is 4. The third kappa shape index (κ3) is 3.54. The summed E-state index contributed by atoms with van der Waals surface area (Å²) in [7, 11) is 0. The maximum absolute atomic E-state index is 5.53. The first-order valence-electron chi connectivity index (χ1n) is 4.31. The Kier molecular flexibility index (Phi) is 5.47. The minimum Gasteiger partial charge on any atom is -0.466 e. The zero-order chi connectivity index (χ0) is 10.6. The van der Waals surface area contributed by atoms with Crippen molar-refractivity contribution < 1.29 is 9.47 Å². The van der Waals surface area contributed by atoms with E-state index in [1.54, 1.807) is 0 Å². The summed E-state index contributed by atoms with van der Waals surface area (Å²) in [6.45, 7) is 5.01. The Hall–Kier alpha value is 0.440. The third-order valence-electron chi connectivity index (χ3n) is 1.68. The summed E-state index contributed by atoms with van der Waals surface area (Å²) in [6.07, 6.45) is 0. The summed E-state index contributed by atoms with van der Waals surface area (Å²) in [5, 5.41) is 0. The minimum absolute atomic E-state index is 0.327. The van der Waals surface area contributed by atoms with Gasteiger partial charge in [0.25, 0.3) is 0 Å². The van der Waals surface area contributed by atoms with E-state index in [4.69, 9.17) is 9.47 Å². The molecule has 78 valence electrons. The molecule has 1 aromatic carbocycles. The van der Waals surface area contributed by atoms with Gasteiger partial charge < -0.3 is 9.47 Å². The van der Waals surface area contributed by atoms with Crippen LogP contribution in [0.3, 0.4) is 0 Å². The molecule has 0 saturated heterocycles. The Morgan fingerprint density at radius 3 is 2.57 bits per heavy atom. The Labute approximate surface area is 112 Å². The molecule has 0 aliphatic rings. The van der Waals surface area contributed by atoms with Crippen molar-refractivity contribution in [3.05, 3.63) is 24.8 Å². The summed E-state index contributed by atoms with van der Waals surface area (Å²) in [5.41, 5.74) is 1.15. The van der Waals surface area contributed by atoms with E-state index in [1.807, 2.05) is 13.8 Å². The van der Waals surface area contributed by atoms with Crippen molar-refractivity contribution in [1.82, 2.24) is 0 Å².